The molecule has 2 nitrogen and oxygen atoms in total. The average Bonchev–Trinajstić information content (AvgIpc) is 2.76. The molecule has 17 heavy (non-hydrogen) atoms. The molecule has 0 N–H and O–H groups in total. The molecular weight excluding hydrogens is 299 g/mol. The van der Waals surface area contributed by atoms with E-state index in [1.807, 2.05) is 0 Å². The molecule has 0 aliphatic carbocycles. The molecule has 0 amide bonds. The van der Waals surface area contributed by atoms with E-state index >= 15 is 0 Å². The molecule has 0 bridgehead atoms. The van der Waals surface area contributed by atoms with Crippen LogP contribution in [0.1, 0.15) is 11.3 Å². The average molecular weight is 306 g/mol. The number of oxazole rings is 1. The number of halogens is 4. The Morgan fingerprint density at radius 2 is 1.82 bits per heavy atom. The van der Waals surface area contributed by atoms with E-state index in [-0.39, 0.29) is 0 Å². The number of alkyl halides is 4. The zero-order valence-electron chi connectivity index (χ0n) is 8.46. The van der Waals surface area contributed by atoms with Crippen molar-refractivity contribution in [3.63, 3.8) is 0 Å². The summed E-state index contributed by atoms with van der Waals surface area (Å²) in [5.41, 5.74) is 0.552. The molecule has 0 atom stereocenters. The van der Waals surface area contributed by atoms with Crippen LogP contribution in [0.5, 0.6) is 0 Å². The van der Waals surface area contributed by atoms with Crippen molar-refractivity contribution in [2.24, 2.45) is 0 Å². The standard InChI is InChI=1S/C11H7BrF3NO/c12-5-9-10(17-6-16-9)7-1-3-8(4-2-7)11(13,14)15/h1-4,6H,5H2. The third kappa shape index (κ3) is 2.52. The second-order valence-electron chi connectivity index (χ2n) is 3.34. The van der Waals surface area contributed by atoms with Crippen LogP contribution in [-0.2, 0) is 11.5 Å². The Morgan fingerprint density at radius 1 is 1.18 bits per heavy atom. The molecule has 0 saturated heterocycles. The molecule has 0 unspecified atom stereocenters. The van der Waals surface area contributed by atoms with Gasteiger partial charge in [-0.2, -0.15) is 13.2 Å². The summed E-state index contributed by atoms with van der Waals surface area (Å²) in [6.07, 6.45) is -3.05. The molecule has 0 saturated carbocycles. The van der Waals surface area contributed by atoms with E-state index in [9.17, 15) is 13.2 Å². The van der Waals surface area contributed by atoms with Gasteiger partial charge in [0.25, 0.3) is 0 Å². The van der Waals surface area contributed by atoms with Gasteiger partial charge in [-0.1, -0.05) is 28.1 Å². The van der Waals surface area contributed by atoms with Crippen LogP contribution < -0.4 is 0 Å². The van der Waals surface area contributed by atoms with Crippen LogP contribution in [0, 0.1) is 0 Å². The zero-order valence-corrected chi connectivity index (χ0v) is 10.0. The van der Waals surface area contributed by atoms with E-state index in [1.54, 1.807) is 0 Å². The van der Waals surface area contributed by atoms with Gasteiger partial charge in [0.15, 0.2) is 12.2 Å². The van der Waals surface area contributed by atoms with Crippen molar-refractivity contribution in [2.75, 3.05) is 0 Å². The molecule has 2 aromatic rings. The summed E-state index contributed by atoms with van der Waals surface area (Å²) >= 11 is 3.23. The number of hydrogen-bond donors (Lipinski definition) is 0. The van der Waals surface area contributed by atoms with Gasteiger partial charge >= 0.3 is 6.18 Å². The topological polar surface area (TPSA) is 26.0 Å². The SMILES string of the molecule is FC(F)(F)c1ccc(-c2ocnc2CBr)cc1. The Morgan fingerprint density at radius 3 is 2.35 bits per heavy atom. The van der Waals surface area contributed by atoms with Crippen LogP contribution in [0.25, 0.3) is 11.3 Å². The highest BCUT2D eigenvalue weighted by atomic mass is 79.9. The predicted molar refractivity (Wildman–Crippen MR) is 59.6 cm³/mol. The van der Waals surface area contributed by atoms with Crippen molar-refractivity contribution in [1.29, 1.82) is 0 Å². The van der Waals surface area contributed by atoms with Crippen molar-refractivity contribution >= 4 is 15.9 Å². The van der Waals surface area contributed by atoms with Gasteiger partial charge in [-0.25, -0.2) is 4.98 Å². The smallest absolute Gasteiger partial charge is 0.416 e. The molecular formula is C11H7BrF3NO. The minimum atomic E-state index is -4.32. The van der Waals surface area contributed by atoms with Crippen molar-refractivity contribution in [2.45, 2.75) is 11.5 Å². The highest BCUT2D eigenvalue weighted by molar-refractivity contribution is 9.08. The monoisotopic (exact) mass is 305 g/mol. The van der Waals surface area contributed by atoms with E-state index in [1.165, 1.54) is 18.5 Å². The van der Waals surface area contributed by atoms with Crippen LogP contribution in [0.2, 0.25) is 0 Å². The van der Waals surface area contributed by atoms with Crippen LogP contribution in [-0.4, -0.2) is 4.98 Å². The lowest BCUT2D eigenvalue weighted by Crippen LogP contribution is -2.04. The van der Waals surface area contributed by atoms with E-state index in [0.29, 0.717) is 22.3 Å². The first-order valence-electron chi connectivity index (χ1n) is 4.68. The third-order valence-electron chi connectivity index (χ3n) is 2.24. The Kier molecular flexibility index (Phi) is 3.24. The lowest BCUT2D eigenvalue weighted by Gasteiger charge is -2.06. The molecule has 0 fully saturated rings. The summed E-state index contributed by atoms with van der Waals surface area (Å²) in [6.45, 7) is 0. The zero-order chi connectivity index (χ0) is 12.5. The fourth-order valence-corrected chi connectivity index (χ4v) is 1.81. The number of hydrogen-bond acceptors (Lipinski definition) is 2. The van der Waals surface area contributed by atoms with Crippen molar-refractivity contribution < 1.29 is 17.6 Å². The summed E-state index contributed by atoms with van der Waals surface area (Å²) < 4.78 is 42.2. The number of benzene rings is 1. The molecule has 0 radical (unpaired) electrons. The van der Waals surface area contributed by atoms with Gasteiger partial charge in [-0.3, -0.25) is 0 Å². The number of aromatic nitrogens is 1. The largest absolute Gasteiger partial charge is 0.443 e. The molecule has 0 aliphatic heterocycles. The van der Waals surface area contributed by atoms with Gasteiger partial charge in [0.05, 0.1) is 11.3 Å². The maximum Gasteiger partial charge on any atom is 0.416 e. The first kappa shape index (κ1) is 12.2. The lowest BCUT2D eigenvalue weighted by atomic mass is 10.1. The maximum absolute atomic E-state index is 12.4. The number of rotatable bonds is 2. The summed E-state index contributed by atoms with van der Waals surface area (Å²) in [5, 5.41) is 0.486. The Labute approximate surface area is 104 Å². The summed E-state index contributed by atoms with van der Waals surface area (Å²) in [4.78, 5) is 3.95. The quantitative estimate of drug-likeness (QED) is 0.775. The van der Waals surface area contributed by atoms with Crippen LogP contribution in [0.4, 0.5) is 13.2 Å². The van der Waals surface area contributed by atoms with Crippen molar-refractivity contribution in [1.82, 2.24) is 4.98 Å². The van der Waals surface area contributed by atoms with Crippen LogP contribution >= 0.6 is 15.9 Å². The lowest BCUT2D eigenvalue weighted by molar-refractivity contribution is -0.137. The minimum absolute atomic E-state index is 0.482. The fraction of sp³-hybridized carbons (Fsp3) is 0.182. The fourth-order valence-electron chi connectivity index (χ4n) is 1.41. The first-order valence-corrected chi connectivity index (χ1v) is 5.80. The second-order valence-corrected chi connectivity index (χ2v) is 3.90. The van der Waals surface area contributed by atoms with Crippen LogP contribution in [0.3, 0.4) is 0 Å². The van der Waals surface area contributed by atoms with Crippen molar-refractivity contribution in [3.05, 3.63) is 41.9 Å². The maximum atomic E-state index is 12.4. The summed E-state index contributed by atoms with van der Waals surface area (Å²) in [7, 11) is 0. The van der Waals surface area contributed by atoms with Gasteiger partial charge < -0.3 is 4.42 Å². The Hall–Kier alpha value is -1.30. The highest BCUT2D eigenvalue weighted by Crippen LogP contribution is 2.31. The molecule has 0 spiro atoms. The highest BCUT2D eigenvalue weighted by Gasteiger charge is 2.30. The summed E-state index contributed by atoms with van der Waals surface area (Å²) in [5.74, 6) is 0.482. The molecule has 6 heteroatoms. The molecule has 90 valence electrons. The predicted octanol–water partition coefficient (Wildman–Crippen LogP) is 4.26. The third-order valence-corrected chi connectivity index (χ3v) is 2.77. The van der Waals surface area contributed by atoms with E-state index in [2.05, 4.69) is 20.9 Å². The molecule has 0 aliphatic rings. The van der Waals surface area contributed by atoms with Crippen LogP contribution in [0.15, 0.2) is 35.1 Å². The van der Waals surface area contributed by atoms with Crippen molar-refractivity contribution in [3.8, 4) is 11.3 Å². The van der Waals surface area contributed by atoms with E-state index in [4.69, 9.17) is 4.42 Å². The molecule has 1 aromatic carbocycles. The van der Waals surface area contributed by atoms with E-state index < -0.39 is 11.7 Å². The van der Waals surface area contributed by atoms with Gasteiger partial charge in [-0.15, -0.1) is 0 Å². The Bertz CT molecular complexity index is 504. The van der Waals surface area contributed by atoms with Gasteiger partial charge in [0.2, 0.25) is 0 Å². The molecule has 1 heterocycles. The van der Waals surface area contributed by atoms with Gasteiger partial charge in [-0.05, 0) is 12.1 Å². The van der Waals surface area contributed by atoms with E-state index in [0.717, 1.165) is 12.1 Å². The second kappa shape index (κ2) is 4.52. The van der Waals surface area contributed by atoms with Gasteiger partial charge in [0, 0.05) is 10.9 Å². The summed E-state index contributed by atoms with van der Waals surface area (Å²) in [6, 6.07) is 4.79. The number of nitrogens with zero attached hydrogens (tertiary/aromatic N) is 1. The Balaban J connectivity index is 2.36. The normalized spacial score (nSPS) is 11.8. The van der Waals surface area contributed by atoms with Gasteiger partial charge in [0.1, 0.15) is 0 Å². The first-order chi connectivity index (χ1) is 8.02. The molecule has 2 rings (SSSR count). The minimum Gasteiger partial charge on any atom is -0.443 e. The molecule has 1 aromatic heterocycles.